The molecule has 2 aromatic heterocycles. The van der Waals surface area contributed by atoms with Crippen LogP contribution in [-0.2, 0) is 11.2 Å². The number of anilines is 1. The highest BCUT2D eigenvalue weighted by atomic mass is 35.5. The van der Waals surface area contributed by atoms with Crippen LogP contribution in [0.25, 0.3) is 0 Å². The second kappa shape index (κ2) is 7.69. The molecule has 1 saturated heterocycles. The molecule has 4 heterocycles. The standard InChI is InChI=1S/C18H24ClFN6O/c1-11-17(19)15-3-2-14(21)16(26(15)24-11)10-27-13-4-6-25(7-5-13)18-22-8-12(20)9-23-18/h8-9,13-14,16H,2-7,10,21H2,1H3. The molecule has 0 bridgehead atoms. The van der Waals surface area contributed by atoms with E-state index in [0.717, 1.165) is 55.2 Å². The van der Waals surface area contributed by atoms with Gasteiger partial charge in [0, 0.05) is 19.1 Å². The van der Waals surface area contributed by atoms with Gasteiger partial charge in [-0.15, -0.1) is 0 Å². The first-order valence-corrected chi connectivity index (χ1v) is 9.74. The van der Waals surface area contributed by atoms with Crippen molar-refractivity contribution in [1.29, 1.82) is 0 Å². The van der Waals surface area contributed by atoms with Gasteiger partial charge in [0.2, 0.25) is 5.95 Å². The number of hydrogen-bond acceptors (Lipinski definition) is 6. The number of hydrogen-bond donors (Lipinski definition) is 1. The molecule has 2 unspecified atom stereocenters. The molecule has 2 atom stereocenters. The molecule has 146 valence electrons. The van der Waals surface area contributed by atoms with E-state index >= 15 is 0 Å². The van der Waals surface area contributed by atoms with Crippen molar-refractivity contribution in [3.63, 3.8) is 0 Å². The average Bonchev–Trinajstić information content (AvgIpc) is 2.96. The largest absolute Gasteiger partial charge is 0.376 e. The predicted octanol–water partition coefficient (Wildman–Crippen LogP) is 2.27. The first kappa shape index (κ1) is 18.6. The van der Waals surface area contributed by atoms with Gasteiger partial charge in [0.15, 0.2) is 5.82 Å². The Morgan fingerprint density at radius 3 is 2.67 bits per heavy atom. The zero-order valence-electron chi connectivity index (χ0n) is 15.3. The van der Waals surface area contributed by atoms with Crippen molar-refractivity contribution in [2.75, 3.05) is 24.6 Å². The van der Waals surface area contributed by atoms with Crippen LogP contribution in [0.4, 0.5) is 10.3 Å². The molecule has 4 rings (SSSR count). The van der Waals surface area contributed by atoms with E-state index in [1.54, 1.807) is 0 Å². The smallest absolute Gasteiger partial charge is 0.225 e. The van der Waals surface area contributed by atoms with Gasteiger partial charge in [0.05, 0.1) is 47.6 Å². The summed E-state index contributed by atoms with van der Waals surface area (Å²) in [5.74, 6) is 0.143. The Hall–Kier alpha value is -1.77. The Kier molecular flexibility index (Phi) is 5.29. The number of fused-ring (bicyclic) bond motifs is 1. The number of aromatic nitrogens is 4. The third-order valence-electron chi connectivity index (χ3n) is 5.46. The Labute approximate surface area is 162 Å². The van der Waals surface area contributed by atoms with Crippen LogP contribution in [0.15, 0.2) is 12.4 Å². The Morgan fingerprint density at radius 1 is 1.26 bits per heavy atom. The van der Waals surface area contributed by atoms with Crippen LogP contribution in [-0.4, -0.2) is 51.6 Å². The number of nitrogens with zero attached hydrogens (tertiary/aromatic N) is 5. The van der Waals surface area contributed by atoms with Crippen LogP contribution in [0.1, 0.15) is 36.7 Å². The molecule has 2 aliphatic heterocycles. The van der Waals surface area contributed by atoms with E-state index in [1.165, 1.54) is 12.4 Å². The third kappa shape index (κ3) is 3.79. The summed E-state index contributed by atoms with van der Waals surface area (Å²) in [5.41, 5.74) is 8.25. The first-order chi connectivity index (χ1) is 13.0. The monoisotopic (exact) mass is 394 g/mol. The molecule has 0 saturated carbocycles. The number of ether oxygens (including phenoxy) is 1. The molecule has 0 aliphatic carbocycles. The molecular weight excluding hydrogens is 371 g/mol. The molecule has 0 spiro atoms. The van der Waals surface area contributed by atoms with E-state index in [9.17, 15) is 4.39 Å². The van der Waals surface area contributed by atoms with E-state index in [0.29, 0.717) is 12.6 Å². The predicted molar refractivity (Wildman–Crippen MR) is 100 cm³/mol. The maximum atomic E-state index is 13.0. The highest BCUT2D eigenvalue weighted by Gasteiger charge is 2.32. The molecule has 0 amide bonds. The van der Waals surface area contributed by atoms with Crippen LogP contribution in [0.3, 0.4) is 0 Å². The van der Waals surface area contributed by atoms with Crippen molar-refractivity contribution in [3.05, 3.63) is 34.6 Å². The van der Waals surface area contributed by atoms with Crippen molar-refractivity contribution in [2.45, 2.75) is 50.8 Å². The van der Waals surface area contributed by atoms with Gasteiger partial charge >= 0.3 is 0 Å². The molecule has 2 aliphatic rings. The minimum Gasteiger partial charge on any atom is -0.376 e. The van der Waals surface area contributed by atoms with Crippen molar-refractivity contribution in [2.24, 2.45) is 5.73 Å². The summed E-state index contributed by atoms with van der Waals surface area (Å²) in [6, 6.07) is 0.0268. The van der Waals surface area contributed by atoms with Gasteiger partial charge in [-0.25, -0.2) is 14.4 Å². The van der Waals surface area contributed by atoms with Gasteiger partial charge in [-0.3, -0.25) is 4.68 Å². The molecule has 2 N–H and O–H groups in total. The summed E-state index contributed by atoms with van der Waals surface area (Å²) in [7, 11) is 0. The molecule has 1 fully saturated rings. The molecule has 9 heteroatoms. The van der Waals surface area contributed by atoms with E-state index in [-0.39, 0.29) is 18.2 Å². The van der Waals surface area contributed by atoms with E-state index in [2.05, 4.69) is 20.0 Å². The summed E-state index contributed by atoms with van der Waals surface area (Å²) in [4.78, 5) is 10.2. The molecule has 0 aromatic carbocycles. The molecule has 7 nitrogen and oxygen atoms in total. The summed E-state index contributed by atoms with van der Waals surface area (Å²) >= 11 is 6.37. The van der Waals surface area contributed by atoms with E-state index in [1.807, 2.05) is 11.6 Å². The van der Waals surface area contributed by atoms with Crippen molar-refractivity contribution in [3.8, 4) is 0 Å². The summed E-state index contributed by atoms with van der Waals surface area (Å²) in [6.45, 7) is 4.02. The van der Waals surface area contributed by atoms with E-state index < -0.39 is 5.82 Å². The second-order valence-electron chi connectivity index (χ2n) is 7.28. The van der Waals surface area contributed by atoms with Crippen molar-refractivity contribution in [1.82, 2.24) is 19.7 Å². The lowest BCUT2D eigenvalue weighted by atomic mass is 9.98. The Bertz CT molecular complexity index is 790. The van der Waals surface area contributed by atoms with Crippen LogP contribution in [0.5, 0.6) is 0 Å². The van der Waals surface area contributed by atoms with Crippen LogP contribution in [0.2, 0.25) is 5.02 Å². The maximum Gasteiger partial charge on any atom is 0.225 e. The third-order valence-corrected chi connectivity index (χ3v) is 5.95. The normalized spacial score (nSPS) is 23.5. The highest BCUT2D eigenvalue weighted by Crippen LogP contribution is 2.31. The van der Waals surface area contributed by atoms with Gasteiger partial charge in [0.1, 0.15) is 0 Å². The van der Waals surface area contributed by atoms with Crippen LogP contribution < -0.4 is 10.6 Å². The lowest BCUT2D eigenvalue weighted by Gasteiger charge is -2.35. The quantitative estimate of drug-likeness (QED) is 0.856. The number of rotatable bonds is 4. The number of aryl methyl sites for hydroxylation is 1. The van der Waals surface area contributed by atoms with Gasteiger partial charge in [0.25, 0.3) is 0 Å². The zero-order valence-corrected chi connectivity index (χ0v) is 16.1. The number of piperidine rings is 1. The highest BCUT2D eigenvalue weighted by molar-refractivity contribution is 6.31. The first-order valence-electron chi connectivity index (χ1n) is 9.36. The fraction of sp³-hybridized carbons (Fsp3) is 0.611. The average molecular weight is 395 g/mol. The van der Waals surface area contributed by atoms with Gasteiger partial charge in [-0.2, -0.15) is 5.10 Å². The van der Waals surface area contributed by atoms with Gasteiger partial charge < -0.3 is 15.4 Å². The number of halogens is 2. The van der Waals surface area contributed by atoms with Crippen molar-refractivity contribution >= 4 is 17.5 Å². The fourth-order valence-electron chi connectivity index (χ4n) is 3.87. The molecule has 0 radical (unpaired) electrons. The van der Waals surface area contributed by atoms with Gasteiger partial charge in [-0.05, 0) is 32.6 Å². The molecule has 2 aromatic rings. The maximum absolute atomic E-state index is 13.0. The fourth-order valence-corrected chi connectivity index (χ4v) is 4.09. The topological polar surface area (TPSA) is 82.1 Å². The SMILES string of the molecule is Cc1nn2c(c1Cl)CCC(N)C2COC1CCN(c2ncc(F)cn2)CC1. The molecule has 27 heavy (non-hydrogen) atoms. The lowest BCUT2D eigenvalue weighted by molar-refractivity contribution is 0.00729. The second-order valence-corrected chi connectivity index (χ2v) is 7.66. The summed E-state index contributed by atoms with van der Waals surface area (Å²) < 4.78 is 21.1. The van der Waals surface area contributed by atoms with Crippen LogP contribution >= 0.6 is 11.6 Å². The molecular formula is C18H24ClFN6O. The minimum absolute atomic E-state index is 0.0124. The Balaban J connectivity index is 1.34. The minimum atomic E-state index is -0.422. The number of nitrogens with two attached hydrogens (primary N) is 1. The van der Waals surface area contributed by atoms with Crippen LogP contribution in [0, 0.1) is 12.7 Å². The van der Waals surface area contributed by atoms with Gasteiger partial charge in [-0.1, -0.05) is 11.6 Å². The van der Waals surface area contributed by atoms with Crippen molar-refractivity contribution < 1.29 is 9.13 Å². The zero-order chi connectivity index (χ0) is 19.0. The summed E-state index contributed by atoms with van der Waals surface area (Å²) in [5, 5.41) is 5.32. The van der Waals surface area contributed by atoms with E-state index in [4.69, 9.17) is 22.1 Å². The lowest BCUT2D eigenvalue weighted by Crippen LogP contribution is -2.43. The summed E-state index contributed by atoms with van der Waals surface area (Å²) in [6.07, 6.45) is 6.04. The Morgan fingerprint density at radius 2 is 1.96 bits per heavy atom.